The largest absolute Gasteiger partial charge is 0.497 e. The Kier molecular flexibility index (Phi) is 6.64. The highest BCUT2D eigenvalue weighted by molar-refractivity contribution is 5.81. The van der Waals surface area contributed by atoms with Crippen LogP contribution in [0.15, 0.2) is 24.3 Å². The Bertz CT molecular complexity index is 546. The first-order valence-electron chi connectivity index (χ1n) is 8.68. The van der Waals surface area contributed by atoms with Crippen molar-refractivity contribution in [3.05, 3.63) is 29.8 Å². The summed E-state index contributed by atoms with van der Waals surface area (Å²) >= 11 is 0. The predicted octanol–water partition coefficient (Wildman–Crippen LogP) is 2.25. The summed E-state index contributed by atoms with van der Waals surface area (Å²) in [5.74, 6) is 1.54. The van der Waals surface area contributed by atoms with Crippen LogP contribution < -0.4 is 10.1 Å². The number of hydrogen-bond acceptors (Lipinski definition) is 3. The van der Waals surface area contributed by atoms with Crippen LogP contribution in [0.2, 0.25) is 0 Å². The molecule has 1 heterocycles. The molecule has 0 saturated carbocycles. The van der Waals surface area contributed by atoms with Gasteiger partial charge in [0.25, 0.3) is 0 Å². The molecule has 0 spiro atoms. The zero-order valence-corrected chi connectivity index (χ0v) is 14.9. The van der Waals surface area contributed by atoms with Gasteiger partial charge in [-0.15, -0.1) is 0 Å². The summed E-state index contributed by atoms with van der Waals surface area (Å²) in [6.45, 7) is 6.21. The molecule has 0 bridgehead atoms. The van der Waals surface area contributed by atoms with Crippen molar-refractivity contribution in [2.75, 3.05) is 26.7 Å². The third-order valence-corrected chi connectivity index (χ3v) is 4.42. The summed E-state index contributed by atoms with van der Waals surface area (Å²) < 4.78 is 5.13. The molecule has 0 unspecified atom stereocenters. The topological polar surface area (TPSA) is 58.6 Å². The standard InChI is InChI=1S/C19H28N2O3/c1-14(2)13-20-19(23)16-8-10-21(11-9-16)18(22)12-15-4-6-17(24-3)7-5-15/h4-7,14,16H,8-13H2,1-3H3,(H,20,23). The Morgan fingerprint density at radius 3 is 2.38 bits per heavy atom. The van der Waals surface area contributed by atoms with E-state index in [0.29, 0.717) is 25.4 Å². The van der Waals surface area contributed by atoms with E-state index in [1.54, 1.807) is 7.11 Å². The minimum Gasteiger partial charge on any atom is -0.497 e. The first kappa shape index (κ1) is 18.3. The van der Waals surface area contributed by atoms with Gasteiger partial charge < -0.3 is 15.0 Å². The third-order valence-electron chi connectivity index (χ3n) is 4.42. The number of nitrogens with one attached hydrogen (secondary N) is 1. The molecule has 1 aromatic carbocycles. The van der Waals surface area contributed by atoms with Crippen molar-refractivity contribution in [1.29, 1.82) is 0 Å². The van der Waals surface area contributed by atoms with E-state index in [1.807, 2.05) is 29.2 Å². The van der Waals surface area contributed by atoms with Crippen LogP contribution in [0.25, 0.3) is 0 Å². The Morgan fingerprint density at radius 2 is 1.83 bits per heavy atom. The molecule has 2 rings (SSSR count). The lowest BCUT2D eigenvalue weighted by Gasteiger charge is -2.31. The maximum atomic E-state index is 12.4. The number of ether oxygens (including phenoxy) is 1. The second-order valence-corrected chi connectivity index (χ2v) is 6.82. The van der Waals surface area contributed by atoms with Crippen LogP contribution >= 0.6 is 0 Å². The molecule has 132 valence electrons. The highest BCUT2D eigenvalue weighted by Gasteiger charge is 2.27. The number of likely N-dealkylation sites (tertiary alicyclic amines) is 1. The van der Waals surface area contributed by atoms with E-state index in [1.165, 1.54) is 0 Å². The molecule has 1 saturated heterocycles. The lowest BCUT2D eigenvalue weighted by atomic mass is 9.95. The zero-order chi connectivity index (χ0) is 17.5. The smallest absolute Gasteiger partial charge is 0.226 e. The van der Waals surface area contributed by atoms with Gasteiger partial charge in [0.1, 0.15) is 5.75 Å². The average Bonchev–Trinajstić information content (AvgIpc) is 2.60. The number of carbonyl (C=O) groups excluding carboxylic acids is 2. The molecular formula is C19H28N2O3. The number of carbonyl (C=O) groups is 2. The van der Waals surface area contributed by atoms with Gasteiger partial charge in [0, 0.05) is 25.6 Å². The van der Waals surface area contributed by atoms with Gasteiger partial charge in [-0.1, -0.05) is 26.0 Å². The maximum Gasteiger partial charge on any atom is 0.226 e. The van der Waals surface area contributed by atoms with Crippen molar-refractivity contribution in [1.82, 2.24) is 10.2 Å². The van der Waals surface area contributed by atoms with Crippen LogP contribution in [-0.2, 0) is 16.0 Å². The molecular weight excluding hydrogens is 304 g/mol. The fraction of sp³-hybridized carbons (Fsp3) is 0.579. The molecule has 5 heteroatoms. The van der Waals surface area contributed by atoms with Gasteiger partial charge in [0.15, 0.2) is 0 Å². The van der Waals surface area contributed by atoms with Crippen molar-refractivity contribution >= 4 is 11.8 Å². The van der Waals surface area contributed by atoms with E-state index in [0.717, 1.165) is 30.7 Å². The number of rotatable bonds is 6. The monoisotopic (exact) mass is 332 g/mol. The van der Waals surface area contributed by atoms with Crippen LogP contribution in [-0.4, -0.2) is 43.5 Å². The molecule has 0 atom stereocenters. The van der Waals surface area contributed by atoms with Gasteiger partial charge in [0.05, 0.1) is 13.5 Å². The highest BCUT2D eigenvalue weighted by atomic mass is 16.5. The number of benzene rings is 1. The first-order valence-corrected chi connectivity index (χ1v) is 8.68. The van der Waals surface area contributed by atoms with E-state index in [9.17, 15) is 9.59 Å². The third kappa shape index (κ3) is 5.25. The molecule has 0 radical (unpaired) electrons. The summed E-state index contributed by atoms with van der Waals surface area (Å²) in [6, 6.07) is 7.58. The van der Waals surface area contributed by atoms with E-state index in [-0.39, 0.29) is 17.7 Å². The van der Waals surface area contributed by atoms with Crippen molar-refractivity contribution < 1.29 is 14.3 Å². The molecule has 1 fully saturated rings. The fourth-order valence-corrected chi connectivity index (χ4v) is 2.87. The SMILES string of the molecule is COc1ccc(CC(=O)N2CCC(C(=O)NCC(C)C)CC2)cc1. The zero-order valence-electron chi connectivity index (χ0n) is 14.9. The molecule has 0 aromatic heterocycles. The molecule has 24 heavy (non-hydrogen) atoms. The maximum absolute atomic E-state index is 12.4. The molecule has 1 aliphatic rings. The van der Waals surface area contributed by atoms with Crippen LogP contribution in [0.5, 0.6) is 5.75 Å². The molecule has 5 nitrogen and oxygen atoms in total. The van der Waals surface area contributed by atoms with E-state index in [4.69, 9.17) is 4.74 Å². The second-order valence-electron chi connectivity index (χ2n) is 6.82. The Labute approximate surface area is 144 Å². The Hall–Kier alpha value is -2.04. The van der Waals surface area contributed by atoms with Gasteiger partial charge in [-0.25, -0.2) is 0 Å². The van der Waals surface area contributed by atoms with Gasteiger partial charge in [-0.05, 0) is 36.5 Å². The number of nitrogens with zero attached hydrogens (tertiary/aromatic N) is 1. The Morgan fingerprint density at radius 1 is 1.21 bits per heavy atom. The molecule has 1 N–H and O–H groups in total. The highest BCUT2D eigenvalue weighted by Crippen LogP contribution is 2.19. The number of piperidine rings is 1. The van der Waals surface area contributed by atoms with Gasteiger partial charge in [-0.2, -0.15) is 0 Å². The van der Waals surface area contributed by atoms with Crippen LogP contribution in [0.1, 0.15) is 32.3 Å². The van der Waals surface area contributed by atoms with Crippen LogP contribution in [0, 0.1) is 11.8 Å². The molecule has 2 amide bonds. The molecule has 1 aromatic rings. The van der Waals surface area contributed by atoms with Crippen molar-refractivity contribution in [3.8, 4) is 5.75 Å². The minimum absolute atomic E-state index is 0.0359. The number of methoxy groups -OCH3 is 1. The fourth-order valence-electron chi connectivity index (χ4n) is 2.87. The quantitative estimate of drug-likeness (QED) is 0.869. The lowest BCUT2D eigenvalue weighted by Crippen LogP contribution is -2.44. The summed E-state index contributed by atoms with van der Waals surface area (Å²) in [5.41, 5.74) is 0.984. The van der Waals surface area contributed by atoms with Crippen molar-refractivity contribution in [3.63, 3.8) is 0 Å². The normalized spacial score (nSPS) is 15.4. The van der Waals surface area contributed by atoms with Gasteiger partial charge in [-0.3, -0.25) is 9.59 Å². The van der Waals surface area contributed by atoms with Crippen molar-refractivity contribution in [2.24, 2.45) is 11.8 Å². The predicted molar refractivity (Wildman–Crippen MR) is 93.8 cm³/mol. The summed E-state index contributed by atoms with van der Waals surface area (Å²) in [6.07, 6.45) is 1.89. The Balaban J connectivity index is 1.78. The summed E-state index contributed by atoms with van der Waals surface area (Å²) in [4.78, 5) is 26.4. The summed E-state index contributed by atoms with van der Waals surface area (Å²) in [7, 11) is 1.63. The average molecular weight is 332 g/mol. The molecule has 1 aliphatic heterocycles. The first-order chi connectivity index (χ1) is 11.5. The van der Waals surface area contributed by atoms with E-state index < -0.39 is 0 Å². The van der Waals surface area contributed by atoms with E-state index >= 15 is 0 Å². The van der Waals surface area contributed by atoms with Crippen LogP contribution in [0.3, 0.4) is 0 Å². The minimum atomic E-state index is 0.0359. The van der Waals surface area contributed by atoms with E-state index in [2.05, 4.69) is 19.2 Å². The number of hydrogen-bond donors (Lipinski definition) is 1. The number of amides is 2. The van der Waals surface area contributed by atoms with Crippen molar-refractivity contribution in [2.45, 2.75) is 33.1 Å². The summed E-state index contributed by atoms with van der Waals surface area (Å²) in [5, 5.41) is 2.99. The second kappa shape index (κ2) is 8.71. The molecule has 0 aliphatic carbocycles. The lowest BCUT2D eigenvalue weighted by molar-refractivity contribution is -0.135. The van der Waals surface area contributed by atoms with Gasteiger partial charge in [0.2, 0.25) is 11.8 Å². The van der Waals surface area contributed by atoms with Gasteiger partial charge >= 0.3 is 0 Å². The van der Waals surface area contributed by atoms with Crippen LogP contribution in [0.4, 0.5) is 0 Å².